The second kappa shape index (κ2) is 4.37. The maximum atomic E-state index is 11.9. The number of carbonyl (C=O) groups is 1. The number of halogens is 1. The number of carbonyl (C=O) groups excluding carboxylic acids is 1. The average molecular weight is 301 g/mol. The Bertz CT molecular complexity index is 434. The number of H-pyrrole nitrogens is 1. The highest BCUT2D eigenvalue weighted by Gasteiger charge is 2.26. The fourth-order valence-corrected chi connectivity index (χ4v) is 2.39. The summed E-state index contributed by atoms with van der Waals surface area (Å²) < 4.78 is 6.33. The smallest absolute Gasteiger partial charge is 0.410 e. The van der Waals surface area contributed by atoms with E-state index in [1.807, 2.05) is 20.8 Å². The lowest BCUT2D eigenvalue weighted by Crippen LogP contribution is -2.39. The molecule has 17 heavy (non-hydrogen) atoms. The van der Waals surface area contributed by atoms with Crippen LogP contribution in [0.25, 0.3) is 0 Å². The van der Waals surface area contributed by atoms with Crippen molar-refractivity contribution in [1.29, 1.82) is 0 Å². The van der Waals surface area contributed by atoms with Gasteiger partial charge in [0.2, 0.25) is 0 Å². The van der Waals surface area contributed by atoms with Crippen LogP contribution in [0.2, 0.25) is 0 Å². The van der Waals surface area contributed by atoms with E-state index in [-0.39, 0.29) is 6.09 Å². The van der Waals surface area contributed by atoms with Crippen molar-refractivity contribution in [3.05, 3.63) is 21.9 Å². The summed E-state index contributed by atoms with van der Waals surface area (Å²) in [4.78, 5) is 16.9. The third-order valence-corrected chi connectivity index (χ3v) is 3.04. The average Bonchev–Trinajstić information content (AvgIpc) is 2.53. The summed E-state index contributed by atoms with van der Waals surface area (Å²) >= 11 is 3.41. The van der Waals surface area contributed by atoms with Crippen molar-refractivity contribution in [2.75, 3.05) is 6.54 Å². The standard InChI is InChI=1S/C12H17BrN2O2/c1-12(2,3)17-11(16)15-5-4-8-6-10(13)14-9(8)7-15/h6,14H,4-5,7H2,1-3H3. The van der Waals surface area contributed by atoms with Crippen molar-refractivity contribution in [3.8, 4) is 0 Å². The van der Waals surface area contributed by atoms with Crippen LogP contribution in [0.3, 0.4) is 0 Å². The van der Waals surface area contributed by atoms with Crippen molar-refractivity contribution in [2.45, 2.75) is 39.3 Å². The first-order valence-corrected chi connectivity index (χ1v) is 6.48. The Hall–Kier alpha value is -0.970. The third kappa shape index (κ3) is 3.03. The van der Waals surface area contributed by atoms with Crippen LogP contribution >= 0.6 is 15.9 Å². The number of nitrogens with zero attached hydrogens (tertiary/aromatic N) is 1. The minimum atomic E-state index is -0.437. The van der Waals surface area contributed by atoms with Crippen LogP contribution in [0.4, 0.5) is 4.79 Å². The predicted molar refractivity (Wildman–Crippen MR) is 68.8 cm³/mol. The normalized spacial score (nSPS) is 15.6. The summed E-state index contributed by atoms with van der Waals surface area (Å²) in [6, 6.07) is 2.07. The molecule has 1 aliphatic heterocycles. The van der Waals surface area contributed by atoms with E-state index in [0.29, 0.717) is 13.1 Å². The molecule has 2 heterocycles. The summed E-state index contributed by atoms with van der Waals surface area (Å²) in [5.41, 5.74) is 1.93. The fraction of sp³-hybridized carbons (Fsp3) is 0.583. The Labute approximate surface area is 109 Å². The first-order chi connectivity index (χ1) is 7.85. The van der Waals surface area contributed by atoms with Gasteiger partial charge in [-0.25, -0.2) is 4.79 Å². The van der Waals surface area contributed by atoms with Gasteiger partial charge in [0.15, 0.2) is 0 Å². The highest BCUT2D eigenvalue weighted by molar-refractivity contribution is 9.10. The monoisotopic (exact) mass is 300 g/mol. The Balaban J connectivity index is 2.05. The van der Waals surface area contributed by atoms with E-state index in [4.69, 9.17) is 4.74 Å². The molecule has 1 aromatic rings. The van der Waals surface area contributed by atoms with E-state index in [0.717, 1.165) is 16.7 Å². The van der Waals surface area contributed by atoms with Gasteiger partial charge in [-0.1, -0.05) is 0 Å². The second-order valence-corrected chi connectivity index (χ2v) is 6.13. The molecule has 0 atom stereocenters. The van der Waals surface area contributed by atoms with Crippen molar-refractivity contribution >= 4 is 22.0 Å². The highest BCUT2D eigenvalue weighted by Crippen LogP contribution is 2.23. The lowest BCUT2D eigenvalue weighted by atomic mass is 10.1. The van der Waals surface area contributed by atoms with Gasteiger partial charge in [0.25, 0.3) is 0 Å². The Morgan fingerprint density at radius 3 is 2.88 bits per heavy atom. The molecular formula is C12H17BrN2O2. The van der Waals surface area contributed by atoms with Gasteiger partial charge in [-0.05, 0) is 54.8 Å². The van der Waals surface area contributed by atoms with Gasteiger partial charge in [0.05, 0.1) is 11.1 Å². The van der Waals surface area contributed by atoms with E-state index in [2.05, 4.69) is 27.0 Å². The molecule has 0 saturated heterocycles. The van der Waals surface area contributed by atoms with Gasteiger partial charge >= 0.3 is 6.09 Å². The minimum Gasteiger partial charge on any atom is -0.444 e. The quantitative estimate of drug-likeness (QED) is 0.800. The van der Waals surface area contributed by atoms with Gasteiger partial charge in [0, 0.05) is 12.2 Å². The molecule has 1 aromatic heterocycles. The number of rotatable bonds is 0. The van der Waals surface area contributed by atoms with Crippen molar-refractivity contribution < 1.29 is 9.53 Å². The van der Waals surface area contributed by atoms with Gasteiger partial charge < -0.3 is 14.6 Å². The molecule has 1 N–H and O–H groups in total. The Morgan fingerprint density at radius 2 is 2.24 bits per heavy atom. The third-order valence-electron chi connectivity index (χ3n) is 2.61. The molecule has 0 fully saturated rings. The summed E-state index contributed by atoms with van der Waals surface area (Å²) in [5, 5.41) is 0. The summed E-state index contributed by atoms with van der Waals surface area (Å²) in [6.45, 7) is 6.95. The molecule has 0 radical (unpaired) electrons. The zero-order valence-electron chi connectivity index (χ0n) is 10.3. The molecule has 5 heteroatoms. The molecule has 0 aliphatic carbocycles. The zero-order valence-corrected chi connectivity index (χ0v) is 11.9. The Kier molecular flexibility index (Phi) is 3.21. The molecular weight excluding hydrogens is 284 g/mol. The molecule has 2 rings (SSSR count). The number of hydrogen-bond acceptors (Lipinski definition) is 2. The fourth-order valence-electron chi connectivity index (χ4n) is 1.87. The first kappa shape index (κ1) is 12.5. The lowest BCUT2D eigenvalue weighted by Gasteiger charge is -2.29. The number of nitrogens with one attached hydrogen (secondary N) is 1. The molecule has 1 aliphatic rings. The van der Waals surface area contributed by atoms with E-state index in [9.17, 15) is 4.79 Å². The molecule has 4 nitrogen and oxygen atoms in total. The van der Waals surface area contributed by atoms with Crippen LogP contribution in [-0.2, 0) is 17.7 Å². The van der Waals surface area contributed by atoms with Crippen molar-refractivity contribution in [2.24, 2.45) is 0 Å². The van der Waals surface area contributed by atoms with Crippen molar-refractivity contribution in [1.82, 2.24) is 9.88 Å². The lowest BCUT2D eigenvalue weighted by molar-refractivity contribution is 0.0221. The molecule has 1 amide bonds. The van der Waals surface area contributed by atoms with Crippen LogP contribution in [0.15, 0.2) is 10.7 Å². The van der Waals surface area contributed by atoms with Crippen LogP contribution in [0.1, 0.15) is 32.0 Å². The second-order valence-electron chi connectivity index (χ2n) is 5.27. The zero-order chi connectivity index (χ0) is 12.6. The minimum absolute atomic E-state index is 0.242. The topological polar surface area (TPSA) is 45.3 Å². The summed E-state index contributed by atoms with van der Waals surface area (Å²) in [6.07, 6.45) is 0.630. The van der Waals surface area contributed by atoms with Gasteiger partial charge in [0.1, 0.15) is 5.60 Å². The number of fused-ring (bicyclic) bond motifs is 1. The number of amides is 1. The number of hydrogen-bond donors (Lipinski definition) is 1. The predicted octanol–water partition coefficient (Wildman–Crippen LogP) is 3.07. The molecule has 94 valence electrons. The number of aromatic nitrogens is 1. The van der Waals surface area contributed by atoms with Crippen molar-refractivity contribution in [3.63, 3.8) is 0 Å². The number of ether oxygens (including phenoxy) is 1. The van der Waals surface area contributed by atoms with Gasteiger partial charge in [-0.3, -0.25) is 0 Å². The molecule has 0 saturated carbocycles. The summed E-state index contributed by atoms with van der Waals surface area (Å²) in [5.74, 6) is 0. The van der Waals surface area contributed by atoms with Gasteiger partial charge in [-0.15, -0.1) is 0 Å². The van der Waals surface area contributed by atoms with E-state index < -0.39 is 5.60 Å². The van der Waals surface area contributed by atoms with E-state index >= 15 is 0 Å². The van der Waals surface area contributed by atoms with Crippen LogP contribution in [0, 0.1) is 0 Å². The highest BCUT2D eigenvalue weighted by atomic mass is 79.9. The SMILES string of the molecule is CC(C)(C)OC(=O)N1CCc2cc(Br)[nH]c2C1. The molecule has 0 aromatic carbocycles. The van der Waals surface area contributed by atoms with E-state index in [1.54, 1.807) is 4.90 Å². The van der Waals surface area contributed by atoms with Crippen LogP contribution in [0.5, 0.6) is 0 Å². The maximum absolute atomic E-state index is 11.9. The molecule has 0 unspecified atom stereocenters. The molecule has 0 spiro atoms. The Morgan fingerprint density at radius 1 is 1.53 bits per heavy atom. The maximum Gasteiger partial charge on any atom is 0.410 e. The largest absolute Gasteiger partial charge is 0.444 e. The summed E-state index contributed by atoms with van der Waals surface area (Å²) in [7, 11) is 0. The van der Waals surface area contributed by atoms with Crippen LogP contribution in [-0.4, -0.2) is 28.1 Å². The number of aromatic amines is 1. The van der Waals surface area contributed by atoms with Gasteiger partial charge in [-0.2, -0.15) is 0 Å². The molecule has 0 bridgehead atoms. The first-order valence-electron chi connectivity index (χ1n) is 5.69. The van der Waals surface area contributed by atoms with E-state index in [1.165, 1.54) is 5.56 Å². The van der Waals surface area contributed by atoms with Crippen LogP contribution < -0.4 is 0 Å².